The second kappa shape index (κ2) is 8.75. The van der Waals surface area contributed by atoms with Crippen molar-refractivity contribution >= 4 is 51.9 Å². The zero-order valence-corrected chi connectivity index (χ0v) is 16.2. The van der Waals surface area contributed by atoms with E-state index in [0.717, 1.165) is 11.1 Å². The second-order valence-electron chi connectivity index (χ2n) is 5.86. The van der Waals surface area contributed by atoms with Crippen molar-refractivity contribution in [1.29, 1.82) is 0 Å². The number of nitrogens with one attached hydrogen (secondary N) is 1. The van der Waals surface area contributed by atoms with Crippen LogP contribution >= 0.6 is 24.0 Å². The molecule has 1 aliphatic heterocycles. The Morgan fingerprint density at radius 3 is 2.74 bits per heavy atom. The van der Waals surface area contributed by atoms with Crippen molar-refractivity contribution in [2.45, 2.75) is 6.92 Å². The maximum absolute atomic E-state index is 12.6. The molecule has 0 spiro atoms. The fraction of sp³-hybridized carbons (Fsp3) is 0.100. The van der Waals surface area contributed by atoms with E-state index in [-0.39, 0.29) is 18.4 Å². The van der Waals surface area contributed by atoms with Crippen LogP contribution in [0.1, 0.15) is 12.5 Å². The number of thiocarbonyl (C=S) groups is 1. The van der Waals surface area contributed by atoms with Crippen LogP contribution in [-0.2, 0) is 9.59 Å². The van der Waals surface area contributed by atoms with Gasteiger partial charge in [-0.25, -0.2) is 0 Å². The summed E-state index contributed by atoms with van der Waals surface area (Å²) in [4.78, 5) is 30.6. The average molecular weight is 396 g/mol. The number of pyridine rings is 1. The zero-order chi connectivity index (χ0) is 19.2. The number of rotatable bonds is 5. The lowest BCUT2D eigenvalue weighted by Crippen LogP contribution is -2.36. The van der Waals surface area contributed by atoms with Gasteiger partial charge in [-0.1, -0.05) is 60.4 Å². The molecule has 136 valence electrons. The molecule has 2 aromatic rings. The molecule has 0 bridgehead atoms. The average Bonchev–Trinajstić information content (AvgIpc) is 2.90. The summed E-state index contributed by atoms with van der Waals surface area (Å²) in [6, 6.07) is 13.3. The minimum absolute atomic E-state index is 0.127. The normalized spacial score (nSPS) is 16.1. The molecule has 0 aliphatic carbocycles. The lowest BCUT2D eigenvalue weighted by molar-refractivity contribution is -0.126. The number of nitrogens with zero attached hydrogens (tertiary/aromatic N) is 2. The Bertz CT molecular complexity index is 925. The molecule has 2 amide bonds. The minimum atomic E-state index is -0.322. The molecule has 0 unspecified atom stereocenters. The van der Waals surface area contributed by atoms with Gasteiger partial charge < -0.3 is 5.32 Å². The standard InChI is InChI=1S/C20H17N3O2S2/c1-14(10-15-6-3-2-4-7-15)11-17-19(25)23(20(26)27-17)13-18(24)22-16-8-5-9-21-12-16/h2-12H,13H2,1H3,(H,22,24)/b14-10+,17-11+. The maximum Gasteiger partial charge on any atom is 0.266 e. The molecule has 2 heterocycles. The Kier molecular flexibility index (Phi) is 6.16. The molecular weight excluding hydrogens is 378 g/mol. The van der Waals surface area contributed by atoms with Gasteiger partial charge in [0, 0.05) is 6.20 Å². The van der Waals surface area contributed by atoms with Crippen molar-refractivity contribution in [2.75, 3.05) is 11.9 Å². The number of hydrogen-bond acceptors (Lipinski definition) is 5. The van der Waals surface area contributed by atoms with E-state index >= 15 is 0 Å². The first-order valence-corrected chi connectivity index (χ1v) is 9.44. The quantitative estimate of drug-likeness (QED) is 0.615. The van der Waals surface area contributed by atoms with Crippen LogP contribution in [0, 0.1) is 0 Å². The van der Waals surface area contributed by atoms with Crippen molar-refractivity contribution in [2.24, 2.45) is 0 Å². The largest absolute Gasteiger partial charge is 0.323 e. The van der Waals surface area contributed by atoms with Gasteiger partial charge in [-0.3, -0.25) is 19.5 Å². The van der Waals surface area contributed by atoms with E-state index in [9.17, 15) is 9.59 Å². The predicted octanol–water partition coefficient (Wildman–Crippen LogP) is 3.87. The first kappa shape index (κ1) is 19.0. The summed E-state index contributed by atoms with van der Waals surface area (Å²) >= 11 is 6.48. The fourth-order valence-corrected chi connectivity index (χ4v) is 3.78. The predicted molar refractivity (Wildman–Crippen MR) is 113 cm³/mol. The molecule has 1 aromatic heterocycles. The third kappa shape index (κ3) is 5.12. The highest BCUT2D eigenvalue weighted by atomic mass is 32.2. The summed E-state index contributed by atoms with van der Waals surface area (Å²) in [7, 11) is 0. The number of benzene rings is 1. The number of allylic oxidation sites excluding steroid dienone is 2. The monoisotopic (exact) mass is 395 g/mol. The van der Waals surface area contributed by atoms with E-state index in [1.807, 2.05) is 43.3 Å². The van der Waals surface area contributed by atoms with Gasteiger partial charge in [0.25, 0.3) is 5.91 Å². The topological polar surface area (TPSA) is 62.3 Å². The third-order valence-electron chi connectivity index (χ3n) is 3.67. The summed E-state index contributed by atoms with van der Waals surface area (Å²) < 4.78 is 0.375. The molecule has 1 fully saturated rings. The van der Waals surface area contributed by atoms with Gasteiger partial charge in [-0.2, -0.15) is 0 Å². The van der Waals surface area contributed by atoms with Gasteiger partial charge in [-0.15, -0.1) is 0 Å². The lowest BCUT2D eigenvalue weighted by atomic mass is 10.1. The number of carbonyl (C=O) groups excluding carboxylic acids is 2. The van der Waals surface area contributed by atoms with Crippen LogP contribution in [0.2, 0.25) is 0 Å². The molecule has 1 N–H and O–H groups in total. The number of anilines is 1. The molecule has 3 rings (SSSR count). The smallest absolute Gasteiger partial charge is 0.266 e. The second-order valence-corrected chi connectivity index (χ2v) is 7.53. The van der Waals surface area contributed by atoms with Crippen LogP contribution in [0.5, 0.6) is 0 Å². The highest BCUT2D eigenvalue weighted by Crippen LogP contribution is 2.32. The summed E-state index contributed by atoms with van der Waals surface area (Å²) in [6.07, 6.45) is 6.95. The Hall–Kier alpha value is -2.77. The Balaban J connectivity index is 1.67. The molecular formula is C20H17N3O2S2. The SMILES string of the molecule is CC(=C\c1ccccc1)/C=C1/SC(=S)N(CC(=O)Nc2cccnc2)C1=O. The summed E-state index contributed by atoms with van der Waals surface area (Å²) in [5.41, 5.74) is 2.56. The number of thioether (sulfide) groups is 1. The molecule has 1 aromatic carbocycles. The van der Waals surface area contributed by atoms with Crippen molar-refractivity contribution in [3.05, 3.63) is 77.0 Å². The van der Waals surface area contributed by atoms with Crippen LogP contribution in [0.4, 0.5) is 5.69 Å². The van der Waals surface area contributed by atoms with Crippen LogP contribution in [0.3, 0.4) is 0 Å². The van der Waals surface area contributed by atoms with E-state index < -0.39 is 0 Å². The first-order valence-electron chi connectivity index (χ1n) is 8.21. The van der Waals surface area contributed by atoms with Crippen molar-refractivity contribution < 1.29 is 9.59 Å². The molecule has 1 saturated heterocycles. The van der Waals surface area contributed by atoms with Crippen LogP contribution < -0.4 is 5.32 Å². The van der Waals surface area contributed by atoms with Gasteiger partial charge in [0.2, 0.25) is 5.91 Å². The fourth-order valence-electron chi connectivity index (χ4n) is 2.48. The van der Waals surface area contributed by atoms with Crippen LogP contribution in [0.25, 0.3) is 6.08 Å². The van der Waals surface area contributed by atoms with E-state index in [2.05, 4.69) is 10.3 Å². The summed E-state index contributed by atoms with van der Waals surface area (Å²) in [6.45, 7) is 1.80. The molecule has 5 nitrogen and oxygen atoms in total. The highest BCUT2D eigenvalue weighted by Gasteiger charge is 2.33. The number of aromatic nitrogens is 1. The van der Waals surface area contributed by atoms with Gasteiger partial charge in [0.05, 0.1) is 16.8 Å². The minimum Gasteiger partial charge on any atom is -0.323 e. The van der Waals surface area contributed by atoms with Gasteiger partial charge in [0.15, 0.2) is 0 Å². The third-order valence-corrected chi connectivity index (χ3v) is 5.05. The van der Waals surface area contributed by atoms with E-state index in [1.54, 1.807) is 30.6 Å². The Labute approximate surface area is 167 Å². The van der Waals surface area contributed by atoms with Crippen LogP contribution in [-0.4, -0.2) is 32.6 Å². The van der Waals surface area contributed by atoms with Crippen molar-refractivity contribution in [3.63, 3.8) is 0 Å². The maximum atomic E-state index is 12.6. The van der Waals surface area contributed by atoms with Gasteiger partial charge in [-0.05, 0) is 36.3 Å². The van der Waals surface area contributed by atoms with E-state index in [1.165, 1.54) is 16.7 Å². The highest BCUT2D eigenvalue weighted by molar-refractivity contribution is 8.26. The number of carbonyl (C=O) groups is 2. The summed E-state index contributed by atoms with van der Waals surface area (Å²) in [5, 5.41) is 2.70. The number of amides is 2. The van der Waals surface area contributed by atoms with Crippen molar-refractivity contribution in [1.82, 2.24) is 9.88 Å². The van der Waals surface area contributed by atoms with Gasteiger partial charge >= 0.3 is 0 Å². The molecule has 0 radical (unpaired) electrons. The van der Waals surface area contributed by atoms with E-state index in [0.29, 0.717) is 14.9 Å². The number of hydrogen-bond donors (Lipinski definition) is 1. The first-order chi connectivity index (χ1) is 13.0. The van der Waals surface area contributed by atoms with E-state index in [4.69, 9.17) is 12.2 Å². The zero-order valence-electron chi connectivity index (χ0n) is 14.6. The van der Waals surface area contributed by atoms with Gasteiger partial charge in [0.1, 0.15) is 10.9 Å². The molecule has 1 aliphatic rings. The Morgan fingerprint density at radius 1 is 1.26 bits per heavy atom. The Morgan fingerprint density at radius 2 is 2.04 bits per heavy atom. The summed E-state index contributed by atoms with van der Waals surface area (Å²) in [5.74, 6) is -0.579. The lowest BCUT2D eigenvalue weighted by Gasteiger charge is -2.14. The molecule has 27 heavy (non-hydrogen) atoms. The molecule has 0 atom stereocenters. The van der Waals surface area contributed by atoms with Crippen molar-refractivity contribution in [3.8, 4) is 0 Å². The molecule has 0 saturated carbocycles. The van der Waals surface area contributed by atoms with Crippen LogP contribution in [0.15, 0.2) is 71.4 Å². The molecule has 7 heteroatoms.